The van der Waals surface area contributed by atoms with Gasteiger partial charge in [-0.3, -0.25) is 0 Å². The summed E-state index contributed by atoms with van der Waals surface area (Å²) in [6, 6.07) is 0.555. The van der Waals surface area contributed by atoms with E-state index in [-0.39, 0.29) is 5.38 Å². The predicted octanol–water partition coefficient (Wildman–Crippen LogP) is 3.42. The highest BCUT2D eigenvalue weighted by molar-refractivity contribution is 6.20. The van der Waals surface area contributed by atoms with Gasteiger partial charge in [-0.1, -0.05) is 13.8 Å². The van der Waals surface area contributed by atoms with Crippen molar-refractivity contribution in [2.24, 2.45) is 5.92 Å². The van der Waals surface area contributed by atoms with Crippen molar-refractivity contribution in [2.45, 2.75) is 58.4 Å². The molecular formula is C11H24ClN. The van der Waals surface area contributed by atoms with Gasteiger partial charge < -0.3 is 5.32 Å². The van der Waals surface area contributed by atoms with Gasteiger partial charge in [0.1, 0.15) is 0 Å². The molecule has 1 nitrogen and oxygen atoms in total. The van der Waals surface area contributed by atoms with Crippen molar-refractivity contribution in [1.82, 2.24) is 5.32 Å². The van der Waals surface area contributed by atoms with Crippen LogP contribution >= 0.6 is 11.6 Å². The number of halogens is 1. The Labute approximate surface area is 88.2 Å². The highest BCUT2D eigenvalue weighted by Gasteiger charge is 2.04. The molecule has 0 amide bonds. The van der Waals surface area contributed by atoms with Gasteiger partial charge in [0.05, 0.1) is 0 Å². The van der Waals surface area contributed by atoms with Crippen LogP contribution in [0.1, 0.15) is 47.0 Å². The van der Waals surface area contributed by atoms with Gasteiger partial charge in [0.25, 0.3) is 0 Å². The summed E-state index contributed by atoms with van der Waals surface area (Å²) in [6.07, 6.45) is 3.65. The maximum absolute atomic E-state index is 5.90. The second-order valence-corrected chi connectivity index (χ2v) is 5.15. The lowest BCUT2D eigenvalue weighted by atomic mass is 10.1. The van der Waals surface area contributed by atoms with E-state index >= 15 is 0 Å². The Morgan fingerprint density at radius 2 is 1.77 bits per heavy atom. The van der Waals surface area contributed by atoms with Gasteiger partial charge in [-0.2, -0.15) is 0 Å². The highest BCUT2D eigenvalue weighted by Crippen LogP contribution is 2.05. The van der Waals surface area contributed by atoms with Crippen molar-refractivity contribution in [1.29, 1.82) is 0 Å². The molecule has 0 radical (unpaired) electrons. The zero-order valence-corrected chi connectivity index (χ0v) is 10.2. The average molecular weight is 206 g/mol. The van der Waals surface area contributed by atoms with Crippen LogP contribution in [0.3, 0.4) is 0 Å². The third-order valence-electron chi connectivity index (χ3n) is 2.13. The summed E-state index contributed by atoms with van der Waals surface area (Å²) in [7, 11) is 0. The molecule has 0 rings (SSSR count). The smallest absolute Gasteiger partial charge is 0.0322 e. The van der Waals surface area contributed by atoms with E-state index in [0.717, 1.165) is 18.9 Å². The summed E-state index contributed by atoms with van der Waals surface area (Å²) in [5.74, 6) is 0.823. The molecule has 0 aliphatic heterocycles. The summed E-state index contributed by atoms with van der Waals surface area (Å²) in [5, 5.41) is 3.77. The molecule has 2 atom stereocenters. The molecule has 13 heavy (non-hydrogen) atoms. The first-order valence-electron chi connectivity index (χ1n) is 5.39. The van der Waals surface area contributed by atoms with Crippen molar-refractivity contribution < 1.29 is 0 Å². The predicted molar refractivity (Wildman–Crippen MR) is 61.5 cm³/mol. The molecule has 0 aliphatic carbocycles. The molecular weight excluding hydrogens is 182 g/mol. The quantitative estimate of drug-likeness (QED) is 0.496. The minimum atomic E-state index is 0.285. The Kier molecular flexibility index (Phi) is 7.78. The van der Waals surface area contributed by atoms with E-state index in [2.05, 4.69) is 26.1 Å². The highest BCUT2D eigenvalue weighted by atomic mass is 35.5. The Morgan fingerprint density at radius 3 is 2.23 bits per heavy atom. The van der Waals surface area contributed by atoms with Crippen LogP contribution in [-0.2, 0) is 0 Å². The van der Waals surface area contributed by atoms with Gasteiger partial charge >= 0.3 is 0 Å². The van der Waals surface area contributed by atoms with Crippen LogP contribution in [0.25, 0.3) is 0 Å². The van der Waals surface area contributed by atoms with Gasteiger partial charge in [0, 0.05) is 11.4 Å². The fourth-order valence-electron chi connectivity index (χ4n) is 1.43. The molecule has 2 unspecified atom stereocenters. The molecule has 0 aromatic rings. The van der Waals surface area contributed by atoms with Crippen LogP contribution in [0.4, 0.5) is 0 Å². The number of hydrogen-bond acceptors (Lipinski definition) is 1. The van der Waals surface area contributed by atoms with Gasteiger partial charge in [0.15, 0.2) is 0 Å². The van der Waals surface area contributed by atoms with E-state index in [9.17, 15) is 0 Å². The zero-order chi connectivity index (χ0) is 10.3. The van der Waals surface area contributed by atoms with E-state index in [4.69, 9.17) is 11.6 Å². The van der Waals surface area contributed by atoms with E-state index in [0.29, 0.717) is 6.04 Å². The average Bonchev–Trinajstić information content (AvgIpc) is 1.96. The summed E-state index contributed by atoms with van der Waals surface area (Å²) in [6.45, 7) is 9.92. The largest absolute Gasteiger partial charge is 0.314 e. The van der Waals surface area contributed by atoms with Gasteiger partial charge in [-0.05, 0) is 45.6 Å². The minimum absolute atomic E-state index is 0.285. The van der Waals surface area contributed by atoms with Crippen LogP contribution in [0.5, 0.6) is 0 Å². The molecule has 1 N–H and O–H groups in total. The minimum Gasteiger partial charge on any atom is -0.314 e. The first kappa shape index (κ1) is 13.2. The molecule has 80 valence electrons. The fourth-order valence-corrected chi connectivity index (χ4v) is 1.70. The first-order chi connectivity index (χ1) is 6.02. The lowest BCUT2D eigenvalue weighted by Crippen LogP contribution is -2.29. The summed E-state index contributed by atoms with van der Waals surface area (Å²) < 4.78 is 0. The SMILES string of the molecule is CC(C)CCCNC(C)CC(C)Cl. The van der Waals surface area contributed by atoms with Crippen LogP contribution in [0, 0.1) is 5.92 Å². The Hall–Kier alpha value is 0.250. The van der Waals surface area contributed by atoms with Gasteiger partial charge in [0.2, 0.25) is 0 Å². The van der Waals surface area contributed by atoms with E-state index in [1.807, 2.05) is 6.92 Å². The lowest BCUT2D eigenvalue weighted by Gasteiger charge is -2.15. The maximum atomic E-state index is 5.90. The van der Waals surface area contributed by atoms with Crippen LogP contribution in [0.2, 0.25) is 0 Å². The number of hydrogen-bond donors (Lipinski definition) is 1. The Bertz CT molecular complexity index is 113. The monoisotopic (exact) mass is 205 g/mol. The molecule has 0 fully saturated rings. The molecule has 0 aromatic carbocycles. The normalized spacial score (nSPS) is 16.2. The Balaban J connectivity index is 3.22. The molecule has 0 saturated carbocycles. The summed E-state index contributed by atoms with van der Waals surface area (Å²) in [5.41, 5.74) is 0. The molecule has 0 aliphatic rings. The number of alkyl halides is 1. The molecule has 0 spiro atoms. The summed E-state index contributed by atoms with van der Waals surface area (Å²) in [4.78, 5) is 0. The van der Waals surface area contributed by atoms with Crippen molar-refractivity contribution >= 4 is 11.6 Å². The zero-order valence-electron chi connectivity index (χ0n) is 9.44. The van der Waals surface area contributed by atoms with Crippen LogP contribution in [0.15, 0.2) is 0 Å². The van der Waals surface area contributed by atoms with Gasteiger partial charge in [-0.15, -0.1) is 11.6 Å². The maximum Gasteiger partial charge on any atom is 0.0322 e. The van der Waals surface area contributed by atoms with E-state index in [1.54, 1.807) is 0 Å². The topological polar surface area (TPSA) is 12.0 Å². The molecule has 0 saturated heterocycles. The fraction of sp³-hybridized carbons (Fsp3) is 1.00. The standard InChI is InChI=1S/C11H24ClN/c1-9(2)6-5-7-13-11(4)8-10(3)12/h9-11,13H,5-8H2,1-4H3. The van der Waals surface area contributed by atoms with Crippen molar-refractivity contribution in [3.8, 4) is 0 Å². The van der Waals surface area contributed by atoms with Crippen LogP contribution < -0.4 is 5.32 Å². The van der Waals surface area contributed by atoms with Gasteiger partial charge in [-0.25, -0.2) is 0 Å². The third-order valence-corrected chi connectivity index (χ3v) is 2.31. The number of rotatable bonds is 7. The molecule has 0 heterocycles. The van der Waals surface area contributed by atoms with Crippen molar-refractivity contribution in [3.63, 3.8) is 0 Å². The Morgan fingerprint density at radius 1 is 1.15 bits per heavy atom. The third kappa shape index (κ3) is 10.2. The first-order valence-corrected chi connectivity index (χ1v) is 5.83. The van der Waals surface area contributed by atoms with Crippen molar-refractivity contribution in [3.05, 3.63) is 0 Å². The summed E-state index contributed by atoms with van der Waals surface area (Å²) >= 11 is 5.90. The second kappa shape index (κ2) is 7.64. The van der Waals surface area contributed by atoms with Crippen molar-refractivity contribution in [2.75, 3.05) is 6.54 Å². The molecule has 0 aromatic heterocycles. The molecule has 2 heteroatoms. The van der Waals surface area contributed by atoms with E-state index < -0.39 is 0 Å². The number of nitrogens with one attached hydrogen (secondary N) is 1. The van der Waals surface area contributed by atoms with Crippen LogP contribution in [-0.4, -0.2) is 18.0 Å². The lowest BCUT2D eigenvalue weighted by molar-refractivity contribution is 0.471. The molecule has 0 bridgehead atoms. The van der Waals surface area contributed by atoms with E-state index in [1.165, 1.54) is 12.8 Å². The second-order valence-electron chi connectivity index (χ2n) is 4.41.